The molecule has 114 valence electrons. The Bertz CT molecular complexity index is 383. The SMILES string of the molecule is COC(=O)/C=C/C(=O)OC[C@@H](C)OC(=O)NC(C)(C)C. The van der Waals surface area contributed by atoms with E-state index in [1.165, 1.54) is 7.11 Å². The molecule has 0 aromatic rings. The van der Waals surface area contributed by atoms with Crippen molar-refractivity contribution in [2.75, 3.05) is 13.7 Å². The van der Waals surface area contributed by atoms with E-state index in [1.807, 2.05) is 20.8 Å². The number of amides is 1. The molecule has 0 aromatic heterocycles. The van der Waals surface area contributed by atoms with Gasteiger partial charge in [-0.15, -0.1) is 0 Å². The average Bonchev–Trinajstić information content (AvgIpc) is 2.30. The molecule has 0 saturated heterocycles. The van der Waals surface area contributed by atoms with Gasteiger partial charge in [0.2, 0.25) is 0 Å². The molecule has 0 aromatic carbocycles. The molecule has 0 rings (SSSR count). The highest BCUT2D eigenvalue weighted by atomic mass is 16.6. The molecular weight excluding hydrogens is 266 g/mol. The van der Waals surface area contributed by atoms with Gasteiger partial charge in [0.05, 0.1) is 7.11 Å². The summed E-state index contributed by atoms with van der Waals surface area (Å²) >= 11 is 0. The largest absolute Gasteiger partial charge is 0.466 e. The van der Waals surface area contributed by atoms with E-state index in [0.29, 0.717) is 0 Å². The summed E-state index contributed by atoms with van der Waals surface area (Å²) in [5, 5.41) is 2.61. The number of alkyl carbamates (subject to hydrolysis) is 1. The van der Waals surface area contributed by atoms with Crippen molar-refractivity contribution in [3.63, 3.8) is 0 Å². The summed E-state index contributed by atoms with van der Waals surface area (Å²) < 4.78 is 14.1. The molecule has 0 saturated carbocycles. The van der Waals surface area contributed by atoms with E-state index in [2.05, 4.69) is 10.1 Å². The quantitative estimate of drug-likeness (QED) is 0.464. The monoisotopic (exact) mass is 287 g/mol. The highest BCUT2D eigenvalue weighted by Crippen LogP contribution is 2.01. The van der Waals surface area contributed by atoms with E-state index in [1.54, 1.807) is 6.92 Å². The molecule has 1 amide bonds. The van der Waals surface area contributed by atoms with Gasteiger partial charge in [-0.1, -0.05) is 0 Å². The summed E-state index contributed by atoms with van der Waals surface area (Å²) in [6, 6.07) is 0. The van der Waals surface area contributed by atoms with Crippen molar-refractivity contribution in [2.24, 2.45) is 0 Å². The van der Waals surface area contributed by atoms with Gasteiger partial charge in [0.25, 0.3) is 0 Å². The summed E-state index contributed by atoms with van der Waals surface area (Å²) in [5.41, 5.74) is -0.406. The van der Waals surface area contributed by atoms with Gasteiger partial charge in [-0.3, -0.25) is 0 Å². The molecule has 0 bridgehead atoms. The summed E-state index contributed by atoms with van der Waals surface area (Å²) in [6.07, 6.45) is 0.687. The molecule has 0 aliphatic carbocycles. The Balaban J connectivity index is 4.02. The van der Waals surface area contributed by atoms with Gasteiger partial charge in [-0.05, 0) is 27.7 Å². The lowest BCUT2D eigenvalue weighted by molar-refractivity contribution is -0.141. The number of rotatable bonds is 5. The van der Waals surface area contributed by atoms with Crippen molar-refractivity contribution >= 4 is 18.0 Å². The first-order valence-corrected chi connectivity index (χ1v) is 6.05. The van der Waals surface area contributed by atoms with Gasteiger partial charge in [0.15, 0.2) is 0 Å². The smallest absolute Gasteiger partial charge is 0.407 e. The van der Waals surface area contributed by atoms with Gasteiger partial charge in [0.1, 0.15) is 12.7 Å². The molecule has 0 aliphatic heterocycles. The number of ether oxygens (including phenoxy) is 3. The fraction of sp³-hybridized carbons (Fsp3) is 0.615. The van der Waals surface area contributed by atoms with Crippen LogP contribution < -0.4 is 5.32 Å². The van der Waals surface area contributed by atoms with Crippen LogP contribution in [0, 0.1) is 0 Å². The Morgan fingerprint density at radius 2 is 1.70 bits per heavy atom. The van der Waals surface area contributed by atoms with Crippen molar-refractivity contribution in [2.45, 2.75) is 39.3 Å². The van der Waals surface area contributed by atoms with Crippen LogP contribution in [0.25, 0.3) is 0 Å². The van der Waals surface area contributed by atoms with E-state index in [4.69, 9.17) is 9.47 Å². The Labute approximate surface area is 118 Å². The zero-order chi connectivity index (χ0) is 15.8. The number of methoxy groups -OCH3 is 1. The van der Waals surface area contributed by atoms with Gasteiger partial charge in [0, 0.05) is 17.7 Å². The van der Waals surface area contributed by atoms with Crippen molar-refractivity contribution in [1.82, 2.24) is 5.32 Å². The Kier molecular flexibility index (Phi) is 7.35. The second-order valence-electron chi connectivity index (χ2n) is 5.08. The molecule has 0 unspecified atom stereocenters. The maximum absolute atomic E-state index is 11.4. The number of carbonyl (C=O) groups excluding carboxylic acids is 3. The van der Waals surface area contributed by atoms with Crippen LogP contribution >= 0.6 is 0 Å². The van der Waals surface area contributed by atoms with E-state index >= 15 is 0 Å². The topological polar surface area (TPSA) is 90.9 Å². The maximum atomic E-state index is 11.4. The van der Waals surface area contributed by atoms with Gasteiger partial charge in [-0.2, -0.15) is 0 Å². The highest BCUT2D eigenvalue weighted by Gasteiger charge is 2.17. The van der Waals surface area contributed by atoms with Gasteiger partial charge < -0.3 is 19.5 Å². The van der Waals surface area contributed by atoms with Crippen LogP contribution in [0.2, 0.25) is 0 Å². The first-order chi connectivity index (χ1) is 9.14. The predicted octanol–water partition coefficient (Wildman–Crippen LogP) is 1.17. The minimum absolute atomic E-state index is 0.109. The summed E-state index contributed by atoms with van der Waals surface area (Å²) in [5.74, 6) is -1.38. The molecule has 0 aliphatic rings. The van der Waals surface area contributed by atoms with E-state index in [0.717, 1.165) is 12.2 Å². The van der Waals surface area contributed by atoms with Crippen LogP contribution in [0.3, 0.4) is 0 Å². The van der Waals surface area contributed by atoms with Gasteiger partial charge in [-0.25, -0.2) is 14.4 Å². The lowest BCUT2D eigenvalue weighted by Gasteiger charge is -2.21. The first kappa shape index (κ1) is 17.9. The van der Waals surface area contributed by atoms with Crippen LogP contribution in [-0.4, -0.2) is 43.4 Å². The molecular formula is C13H21NO6. The molecule has 1 atom stereocenters. The lowest BCUT2D eigenvalue weighted by atomic mass is 10.1. The van der Waals surface area contributed by atoms with Crippen molar-refractivity contribution in [1.29, 1.82) is 0 Å². The Morgan fingerprint density at radius 3 is 2.20 bits per heavy atom. The second-order valence-corrected chi connectivity index (χ2v) is 5.08. The third-order valence-electron chi connectivity index (χ3n) is 1.80. The summed E-state index contributed by atoms with van der Waals surface area (Å²) in [7, 11) is 1.20. The second kappa shape index (κ2) is 8.19. The normalized spacial score (nSPS) is 12.7. The van der Waals surface area contributed by atoms with E-state index in [9.17, 15) is 14.4 Å². The van der Waals surface area contributed by atoms with Crippen LogP contribution in [-0.2, 0) is 23.8 Å². The van der Waals surface area contributed by atoms with Crippen LogP contribution in [0.4, 0.5) is 4.79 Å². The molecule has 0 spiro atoms. The fourth-order valence-corrected chi connectivity index (χ4v) is 1.00. The number of hydrogen-bond donors (Lipinski definition) is 1. The molecule has 7 nitrogen and oxygen atoms in total. The predicted molar refractivity (Wildman–Crippen MR) is 70.9 cm³/mol. The molecule has 1 N–H and O–H groups in total. The number of nitrogens with one attached hydrogen (secondary N) is 1. The summed E-state index contributed by atoms with van der Waals surface area (Å²) in [6.45, 7) is 6.92. The maximum Gasteiger partial charge on any atom is 0.407 e. The third-order valence-corrected chi connectivity index (χ3v) is 1.80. The number of esters is 2. The Hall–Kier alpha value is -2.05. The van der Waals surface area contributed by atoms with Gasteiger partial charge >= 0.3 is 18.0 Å². The fourth-order valence-electron chi connectivity index (χ4n) is 1.00. The number of carbonyl (C=O) groups is 3. The highest BCUT2D eigenvalue weighted by molar-refractivity contribution is 5.91. The minimum atomic E-state index is -0.720. The van der Waals surface area contributed by atoms with Crippen LogP contribution in [0.5, 0.6) is 0 Å². The average molecular weight is 287 g/mol. The standard InChI is InChI=1S/C13H21NO6/c1-9(20-12(17)14-13(2,3)4)8-19-11(16)7-6-10(15)18-5/h6-7,9H,8H2,1-5H3,(H,14,17)/b7-6+/t9-/m1/s1. The third kappa shape index (κ3) is 9.93. The molecule has 7 heteroatoms. The molecule has 0 fully saturated rings. The number of hydrogen-bond acceptors (Lipinski definition) is 6. The van der Waals surface area contributed by atoms with E-state index in [-0.39, 0.29) is 6.61 Å². The lowest BCUT2D eigenvalue weighted by Crippen LogP contribution is -2.42. The van der Waals surface area contributed by atoms with Crippen molar-refractivity contribution < 1.29 is 28.6 Å². The zero-order valence-electron chi connectivity index (χ0n) is 12.4. The minimum Gasteiger partial charge on any atom is -0.466 e. The van der Waals surface area contributed by atoms with Crippen molar-refractivity contribution in [3.05, 3.63) is 12.2 Å². The summed E-state index contributed by atoms with van der Waals surface area (Å²) in [4.78, 5) is 33.4. The molecule has 20 heavy (non-hydrogen) atoms. The molecule has 0 radical (unpaired) electrons. The van der Waals surface area contributed by atoms with Crippen LogP contribution in [0.1, 0.15) is 27.7 Å². The molecule has 0 heterocycles. The van der Waals surface area contributed by atoms with E-state index < -0.39 is 29.7 Å². The Morgan fingerprint density at radius 1 is 1.15 bits per heavy atom. The first-order valence-electron chi connectivity index (χ1n) is 6.05. The van der Waals surface area contributed by atoms with Crippen LogP contribution in [0.15, 0.2) is 12.2 Å². The van der Waals surface area contributed by atoms with Crippen molar-refractivity contribution in [3.8, 4) is 0 Å². The zero-order valence-corrected chi connectivity index (χ0v) is 12.4.